The molecule has 1 saturated heterocycles. The van der Waals surface area contributed by atoms with Gasteiger partial charge in [-0.3, -0.25) is 9.59 Å². The number of rotatable bonds is 4. The zero-order chi connectivity index (χ0) is 24.1. The standard InChI is InChI=1S/C28H24ClN3O3/c1-35-20-6-4-5-17(13-20)15-31-16-25(33)32-24(28(31)34)14-22-21-7-2-3-8-23(21)30-26(22)27(32)18-9-11-19(29)12-10-18/h2-13,24,27,30H,14-16H2,1H3. The second-order valence-corrected chi connectivity index (χ2v) is 9.52. The number of ether oxygens (including phenoxy) is 1. The molecule has 2 aliphatic rings. The number of carbonyl (C=O) groups is 2. The predicted molar refractivity (Wildman–Crippen MR) is 134 cm³/mol. The molecule has 2 aliphatic heterocycles. The molecule has 6 rings (SSSR count). The van der Waals surface area contributed by atoms with Gasteiger partial charge in [0.25, 0.3) is 0 Å². The zero-order valence-corrected chi connectivity index (χ0v) is 20.0. The summed E-state index contributed by atoms with van der Waals surface area (Å²) in [6.07, 6.45) is 0.475. The van der Waals surface area contributed by atoms with Gasteiger partial charge in [-0.25, -0.2) is 0 Å². The molecule has 4 aromatic rings. The average molecular weight is 486 g/mol. The Balaban J connectivity index is 1.43. The predicted octanol–water partition coefficient (Wildman–Crippen LogP) is 4.72. The molecule has 176 valence electrons. The van der Waals surface area contributed by atoms with Crippen LogP contribution in [0.15, 0.2) is 72.8 Å². The summed E-state index contributed by atoms with van der Waals surface area (Å²) in [4.78, 5) is 34.5. The van der Waals surface area contributed by atoms with Gasteiger partial charge in [-0.2, -0.15) is 0 Å². The summed E-state index contributed by atoms with van der Waals surface area (Å²) < 4.78 is 5.33. The Kier molecular flexibility index (Phi) is 5.26. The Morgan fingerprint density at radius 2 is 1.83 bits per heavy atom. The minimum Gasteiger partial charge on any atom is -0.497 e. The van der Waals surface area contributed by atoms with E-state index in [2.05, 4.69) is 11.1 Å². The molecule has 6 nitrogen and oxygen atoms in total. The number of amides is 2. The number of piperazine rings is 1. The van der Waals surface area contributed by atoms with Crippen molar-refractivity contribution in [1.82, 2.24) is 14.8 Å². The van der Waals surface area contributed by atoms with E-state index in [9.17, 15) is 9.59 Å². The third-order valence-corrected chi connectivity index (χ3v) is 7.29. The first-order valence-electron chi connectivity index (χ1n) is 11.6. The van der Waals surface area contributed by atoms with Crippen LogP contribution in [0.4, 0.5) is 0 Å². The summed E-state index contributed by atoms with van der Waals surface area (Å²) in [5, 5.41) is 1.72. The Hall–Kier alpha value is -3.77. The van der Waals surface area contributed by atoms with E-state index in [0.717, 1.165) is 39.0 Å². The summed E-state index contributed by atoms with van der Waals surface area (Å²) in [7, 11) is 1.62. The van der Waals surface area contributed by atoms with Crippen LogP contribution in [0.1, 0.15) is 28.4 Å². The van der Waals surface area contributed by atoms with E-state index in [-0.39, 0.29) is 24.4 Å². The Morgan fingerprint density at radius 3 is 2.63 bits per heavy atom. The number of benzene rings is 3. The quantitative estimate of drug-likeness (QED) is 0.455. The molecule has 7 heteroatoms. The summed E-state index contributed by atoms with van der Waals surface area (Å²) in [5.41, 5.74) is 4.91. The normalized spacial score (nSPS) is 19.6. The molecule has 2 atom stereocenters. The number of methoxy groups -OCH3 is 1. The van der Waals surface area contributed by atoms with Crippen LogP contribution in [-0.2, 0) is 22.6 Å². The van der Waals surface area contributed by atoms with Crippen molar-refractivity contribution < 1.29 is 14.3 Å². The number of aromatic amines is 1. The maximum Gasteiger partial charge on any atom is 0.246 e. The lowest BCUT2D eigenvalue weighted by atomic mass is 9.86. The van der Waals surface area contributed by atoms with E-state index in [0.29, 0.717) is 18.0 Å². The van der Waals surface area contributed by atoms with Crippen molar-refractivity contribution in [3.8, 4) is 5.75 Å². The van der Waals surface area contributed by atoms with Crippen LogP contribution in [0.3, 0.4) is 0 Å². The van der Waals surface area contributed by atoms with Crippen LogP contribution in [0, 0.1) is 0 Å². The largest absolute Gasteiger partial charge is 0.497 e. The van der Waals surface area contributed by atoms with Gasteiger partial charge in [0.1, 0.15) is 18.3 Å². The monoisotopic (exact) mass is 485 g/mol. The third-order valence-electron chi connectivity index (χ3n) is 7.04. The first-order chi connectivity index (χ1) is 17.0. The van der Waals surface area contributed by atoms with Crippen LogP contribution < -0.4 is 4.74 Å². The van der Waals surface area contributed by atoms with Crippen molar-refractivity contribution >= 4 is 34.3 Å². The number of H-pyrrole nitrogens is 1. The van der Waals surface area contributed by atoms with Gasteiger partial charge in [-0.15, -0.1) is 0 Å². The lowest BCUT2D eigenvalue weighted by Gasteiger charge is -2.47. The van der Waals surface area contributed by atoms with E-state index in [4.69, 9.17) is 16.3 Å². The number of hydrogen-bond acceptors (Lipinski definition) is 3. The molecule has 1 aromatic heterocycles. The van der Waals surface area contributed by atoms with Crippen LogP contribution in [0.25, 0.3) is 10.9 Å². The Morgan fingerprint density at radius 1 is 1.03 bits per heavy atom. The summed E-state index contributed by atoms with van der Waals surface area (Å²) in [6.45, 7) is 0.394. The van der Waals surface area contributed by atoms with Crippen molar-refractivity contribution in [1.29, 1.82) is 0 Å². The molecule has 0 spiro atoms. The van der Waals surface area contributed by atoms with Gasteiger partial charge in [0, 0.05) is 34.6 Å². The van der Waals surface area contributed by atoms with E-state index < -0.39 is 6.04 Å². The van der Waals surface area contributed by atoms with Crippen LogP contribution in [-0.4, -0.2) is 46.3 Å². The number of hydrogen-bond donors (Lipinski definition) is 1. The molecule has 1 N–H and O–H groups in total. The number of nitrogens with one attached hydrogen (secondary N) is 1. The lowest BCUT2D eigenvalue weighted by molar-refractivity contribution is -0.159. The third kappa shape index (κ3) is 3.65. The number of fused-ring (bicyclic) bond motifs is 4. The molecular weight excluding hydrogens is 462 g/mol. The highest BCUT2D eigenvalue weighted by molar-refractivity contribution is 6.30. The molecule has 35 heavy (non-hydrogen) atoms. The number of para-hydroxylation sites is 1. The van der Waals surface area contributed by atoms with Gasteiger partial charge in [-0.1, -0.05) is 54.1 Å². The van der Waals surface area contributed by atoms with Crippen molar-refractivity contribution in [3.05, 3.63) is 100 Å². The van der Waals surface area contributed by atoms with E-state index in [1.54, 1.807) is 16.9 Å². The van der Waals surface area contributed by atoms with Gasteiger partial charge in [-0.05, 0) is 47.0 Å². The minimum absolute atomic E-state index is 0.0339. The fourth-order valence-corrected chi connectivity index (χ4v) is 5.57. The smallest absolute Gasteiger partial charge is 0.246 e. The number of halogens is 1. The van der Waals surface area contributed by atoms with E-state index in [1.165, 1.54) is 0 Å². The maximum atomic E-state index is 13.8. The second kappa shape index (κ2) is 8.47. The van der Waals surface area contributed by atoms with Crippen molar-refractivity contribution in [2.24, 2.45) is 0 Å². The highest BCUT2D eigenvalue weighted by Crippen LogP contribution is 2.42. The molecule has 2 amide bonds. The number of carbonyl (C=O) groups excluding carboxylic acids is 2. The first kappa shape index (κ1) is 21.7. The van der Waals surface area contributed by atoms with Gasteiger partial charge >= 0.3 is 0 Å². The van der Waals surface area contributed by atoms with Crippen molar-refractivity contribution in [2.45, 2.75) is 25.0 Å². The first-order valence-corrected chi connectivity index (χ1v) is 12.0. The van der Waals surface area contributed by atoms with Crippen molar-refractivity contribution in [3.63, 3.8) is 0 Å². The highest BCUT2D eigenvalue weighted by Gasteiger charge is 2.48. The van der Waals surface area contributed by atoms with Gasteiger partial charge in [0.2, 0.25) is 11.8 Å². The number of aromatic nitrogens is 1. The summed E-state index contributed by atoms with van der Waals surface area (Å²) in [6, 6.07) is 22.3. The lowest BCUT2D eigenvalue weighted by Crippen LogP contribution is -2.62. The van der Waals surface area contributed by atoms with Crippen LogP contribution in [0.5, 0.6) is 5.75 Å². The maximum absolute atomic E-state index is 13.8. The minimum atomic E-state index is -0.575. The van der Waals surface area contributed by atoms with Gasteiger partial charge in [0.05, 0.1) is 13.2 Å². The SMILES string of the molecule is COc1cccc(CN2CC(=O)N3C(Cc4c([nH]c5ccccc45)C3c3ccc(Cl)cc3)C2=O)c1. The molecule has 0 bridgehead atoms. The Bertz CT molecular complexity index is 1450. The summed E-state index contributed by atoms with van der Waals surface area (Å²) in [5.74, 6) is 0.618. The van der Waals surface area contributed by atoms with Crippen LogP contribution in [0.2, 0.25) is 5.02 Å². The average Bonchev–Trinajstić information content (AvgIpc) is 3.25. The fourth-order valence-electron chi connectivity index (χ4n) is 5.44. The molecule has 3 aromatic carbocycles. The second-order valence-electron chi connectivity index (χ2n) is 9.08. The molecule has 3 heterocycles. The molecule has 0 aliphatic carbocycles. The summed E-state index contributed by atoms with van der Waals surface area (Å²) >= 11 is 6.16. The highest BCUT2D eigenvalue weighted by atomic mass is 35.5. The Labute approximate surface area is 208 Å². The van der Waals surface area contributed by atoms with Gasteiger partial charge < -0.3 is 19.5 Å². The van der Waals surface area contributed by atoms with Gasteiger partial charge in [0.15, 0.2) is 0 Å². The number of nitrogens with zero attached hydrogens (tertiary/aromatic N) is 2. The molecule has 0 radical (unpaired) electrons. The van der Waals surface area contributed by atoms with E-state index in [1.807, 2.05) is 66.7 Å². The topological polar surface area (TPSA) is 65.6 Å². The molecule has 1 fully saturated rings. The van der Waals surface area contributed by atoms with Crippen LogP contribution >= 0.6 is 11.6 Å². The molecule has 2 unspecified atom stereocenters. The van der Waals surface area contributed by atoms with Crippen molar-refractivity contribution in [2.75, 3.05) is 13.7 Å². The zero-order valence-electron chi connectivity index (χ0n) is 19.2. The molecule has 0 saturated carbocycles. The molecular formula is C28H24ClN3O3. The fraction of sp³-hybridized carbons (Fsp3) is 0.214. The van der Waals surface area contributed by atoms with E-state index >= 15 is 0 Å².